The predicted octanol–water partition coefficient (Wildman–Crippen LogP) is 4.95. The molecule has 1 aromatic carbocycles. The van der Waals surface area contributed by atoms with Crippen molar-refractivity contribution >= 4 is 51.2 Å². The number of carbonyl (C=O) groups is 1. The van der Waals surface area contributed by atoms with E-state index in [-0.39, 0.29) is 22.6 Å². The molecule has 1 aromatic heterocycles. The molecule has 0 saturated heterocycles. The van der Waals surface area contributed by atoms with E-state index in [9.17, 15) is 9.90 Å². The van der Waals surface area contributed by atoms with Crippen molar-refractivity contribution in [3.63, 3.8) is 0 Å². The monoisotopic (exact) mass is 415 g/mol. The minimum atomic E-state index is 0.00818. The number of carbonyl (C=O) groups excluding carboxylic acids is 1. The van der Waals surface area contributed by atoms with Gasteiger partial charge in [0.1, 0.15) is 12.1 Å². The quantitative estimate of drug-likeness (QED) is 0.690. The van der Waals surface area contributed by atoms with Crippen molar-refractivity contribution < 1.29 is 9.90 Å². The first-order valence-electron chi connectivity index (χ1n) is 7.23. The lowest BCUT2D eigenvalue weighted by molar-refractivity contribution is 0.0837. The van der Waals surface area contributed by atoms with Gasteiger partial charge in [-0.2, -0.15) is 0 Å². The van der Waals surface area contributed by atoms with E-state index < -0.39 is 0 Å². The van der Waals surface area contributed by atoms with Crippen molar-refractivity contribution in [2.75, 3.05) is 4.72 Å². The third-order valence-corrected chi connectivity index (χ3v) is 5.39. The van der Waals surface area contributed by atoms with E-state index in [4.69, 9.17) is 11.6 Å². The summed E-state index contributed by atoms with van der Waals surface area (Å²) in [6, 6.07) is 3.37. The Bertz CT molecular complexity index is 732. The third-order valence-electron chi connectivity index (χ3n) is 3.80. The van der Waals surface area contributed by atoms with E-state index in [0.717, 1.165) is 30.2 Å². The van der Waals surface area contributed by atoms with Gasteiger partial charge in [0, 0.05) is 10.4 Å². The normalized spacial score (nSPS) is 15.0. The van der Waals surface area contributed by atoms with Gasteiger partial charge in [-0.1, -0.05) is 40.4 Å². The largest absolute Gasteiger partial charge is 0.505 e. The highest BCUT2D eigenvalue weighted by atomic mass is 79.9. The molecule has 0 bridgehead atoms. The first kappa shape index (κ1) is 16.7. The van der Waals surface area contributed by atoms with Gasteiger partial charge in [0.05, 0.1) is 16.1 Å². The van der Waals surface area contributed by atoms with Crippen LogP contribution in [0, 0.1) is 5.92 Å². The highest BCUT2D eigenvalue weighted by Crippen LogP contribution is 2.37. The van der Waals surface area contributed by atoms with Crippen molar-refractivity contribution in [2.45, 2.75) is 30.6 Å². The summed E-state index contributed by atoms with van der Waals surface area (Å²) in [5.41, 5.74) is 0. The van der Waals surface area contributed by atoms with Crippen LogP contribution >= 0.6 is 39.5 Å². The summed E-state index contributed by atoms with van der Waals surface area (Å²) in [4.78, 5) is 17.1. The predicted molar refractivity (Wildman–Crippen MR) is 95.1 cm³/mol. The van der Waals surface area contributed by atoms with Crippen molar-refractivity contribution in [1.29, 1.82) is 0 Å². The van der Waals surface area contributed by atoms with Gasteiger partial charge in [0.25, 0.3) is 0 Å². The van der Waals surface area contributed by atoms with Gasteiger partial charge in [-0.25, -0.2) is 4.98 Å². The van der Waals surface area contributed by atoms with Gasteiger partial charge in [0.15, 0.2) is 5.82 Å². The number of phenolic OH excluding ortho intramolecular Hbond substituents is 1. The zero-order valence-corrected chi connectivity index (χ0v) is 15.3. The number of phenols is 1. The molecule has 2 aromatic rings. The summed E-state index contributed by atoms with van der Waals surface area (Å²) in [7, 11) is 0. The van der Waals surface area contributed by atoms with Gasteiger partial charge in [0.2, 0.25) is 5.91 Å². The first-order valence-corrected chi connectivity index (χ1v) is 9.22. The number of halogens is 2. The summed E-state index contributed by atoms with van der Waals surface area (Å²) in [6.45, 7) is 0. The Kier molecular flexibility index (Phi) is 5.18. The zero-order valence-electron chi connectivity index (χ0n) is 12.1. The Labute approximate surface area is 151 Å². The molecule has 1 saturated carbocycles. The van der Waals surface area contributed by atoms with Gasteiger partial charge < -0.3 is 9.83 Å². The Balaban J connectivity index is 1.67. The van der Waals surface area contributed by atoms with Gasteiger partial charge in [-0.3, -0.25) is 9.36 Å². The fraction of sp³-hybridized carbons (Fsp3) is 0.333. The van der Waals surface area contributed by atoms with Crippen LogP contribution in [0.5, 0.6) is 5.75 Å². The maximum Gasteiger partial charge on any atom is 0.235 e. The Morgan fingerprint density at radius 1 is 1.43 bits per heavy atom. The third kappa shape index (κ3) is 3.84. The molecule has 0 unspecified atom stereocenters. The maximum absolute atomic E-state index is 12.3. The average molecular weight is 417 g/mol. The number of aromatic hydroxyl groups is 1. The second-order valence-electron chi connectivity index (χ2n) is 5.42. The molecule has 0 atom stereocenters. The minimum Gasteiger partial charge on any atom is -0.505 e. The van der Waals surface area contributed by atoms with Crippen LogP contribution in [-0.2, 0) is 0 Å². The second kappa shape index (κ2) is 7.15. The van der Waals surface area contributed by atoms with Crippen LogP contribution < -0.4 is 4.72 Å². The average Bonchev–Trinajstić information content (AvgIpc) is 3.20. The second-order valence-corrected chi connectivity index (χ2v) is 7.60. The van der Waals surface area contributed by atoms with E-state index in [0.29, 0.717) is 10.7 Å². The molecule has 1 aliphatic rings. The summed E-state index contributed by atoms with van der Waals surface area (Å²) < 4.78 is 5.32. The Morgan fingerprint density at radius 3 is 2.91 bits per heavy atom. The van der Waals surface area contributed by atoms with Crippen LogP contribution in [0.4, 0.5) is 5.82 Å². The number of imidazole rings is 1. The summed E-state index contributed by atoms with van der Waals surface area (Å²) in [5.74, 6) is 0.768. The minimum absolute atomic E-state index is 0.00818. The number of rotatable bonds is 4. The molecular formula is C15H15BrClN3O2S. The van der Waals surface area contributed by atoms with Gasteiger partial charge in [-0.05, 0) is 36.9 Å². The number of benzene rings is 1. The topological polar surface area (TPSA) is 67.2 Å². The number of hydrogen-bond acceptors (Lipinski definition) is 5. The van der Waals surface area contributed by atoms with Crippen LogP contribution in [0.3, 0.4) is 0 Å². The number of nitrogens with one attached hydrogen (secondary N) is 1. The molecule has 1 heterocycles. The molecule has 1 fully saturated rings. The summed E-state index contributed by atoms with van der Waals surface area (Å²) >= 11 is 10.5. The van der Waals surface area contributed by atoms with Crippen LogP contribution in [-0.4, -0.2) is 20.6 Å². The molecule has 5 nitrogen and oxygen atoms in total. The molecule has 0 aliphatic heterocycles. The molecule has 0 spiro atoms. The lowest BCUT2D eigenvalue weighted by Gasteiger charge is -2.08. The van der Waals surface area contributed by atoms with E-state index in [1.54, 1.807) is 18.3 Å². The summed E-state index contributed by atoms with van der Waals surface area (Å²) in [5, 5.41) is 10.2. The van der Waals surface area contributed by atoms with E-state index >= 15 is 0 Å². The number of hydrogen-bond donors (Lipinski definition) is 2. The molecule has 1 aliphatic carbocycles. The Hall–Kier alpha value is -1.18. The fourth-order valence-electron chi connectivity index (χ4n) is 2.61. The molecular weight excluding hydrogens is 402 g/mol. The highest BCUT2D eigenvalue weighted by molar-refractivity contribution is 9.10. The standard InChI is InChI=1S/C15H15BrClN3O2S/c16-10-5-11(17)14(21)12(6-10)23-19-13-7-20(8-18-13)15(22)9-3-1-2-4-9/h5-9,19,21H,1-4H2. The fourth-order valence-corrected chi connectivity index (χ4v) is 4.34. The molecule has 8 heteroatoms. The van der Waals surface area contributed by atoms with Crippen molar-refractivity contribution in [2.24, 2.45) is 5.92 Å². The van der Waals surface area contributed by atoms with E-state index in [1.165, 1.54) is 22.8 Å². The lowest BCUT2D eigenvalue weighted by atomic mass is 10.1. The SMILES string of the molecule is O=C(C1CCCC1)n1cnc(NSc2cc(Br)cc(Cl)c2O)c1. The molecule has 3 rings (SSSR count). The van der Waals surface area contributed by atoms with Crippen molar-refractivity contribution in [1.82, 2.24) is 9.55 Å². The smallest absolute Gasteiger partial charge is 0.235 e. The van der Waals surface area contributed by atoms with Crippen LogP contribution in [0.25, 0.3) is 0 Å². The van der Waals surface area contributed by atoms with Crippen LogP contribution in [0.2, 0.25) is 5.02 Å². The number of nitrogens with zero attached hydrogens (tertiary/aromatic N) is 2. The van der Waals surface area contributed by atoms with Gasteiger partial charge >= 0.3 is 0 Å². The van der Waals surface area contributed by atoms with Crippen LogP contribution in [0.1, 0.15) is 30.5 Å². The van der Waals surface area contributed by atoms with Crippen molar-refractivity contribution in [3.05, 3.63) is 34.2 Å². The highest BCUT2D eigenvalue weighted by Gasteiger charge is 2.24. The van der Waals surface area contributed by atoms with Gasteiger partial charge in [-0.15, -0.1) is 0 Å². The summed E-state index contributed by atoms with van der Waals surface area (Å²) in [6.07, 6.45) is 7.35. The lowest BCUT2D eigenvalue weighted by Crippen LogP contribution is -2.17. The van der Waals surface area contributed by atoms with Crippen molar-refractivity contribution in [3.8, 4) is 5.75 Å². The Morgan fingerprint density at radius 2 is 2.17 bits per heavy atom. The zero-order chi connectivity index (χ0) is 16.4. The first-order chi connectivity index (χ1) is 11.0. The molecule has 122 valence electrons. The van der Waals surface area contributed by atoms with Crippen LogP contribution in [0.15, 0.2) is 34.0 Å². The number of aromatic nitrogens is 2. The molecule has 2 N–H and O–H groups in total. The number of anilines is 1. The maximum atomic E-state index is 12.3. The molecule has 23 heavy (non-hydrogen) atoms. The van der Waals surface area contributed by atoms with E-state index in [2.05, 4.69) is 25.6 Å². The van der Waals surface area contributed by atoms with E-state index in [1.807, 2.05) is 0 Å². The molecule has 0 radical (unpaired) electrons. The molecule has 0 amide bonds.